The van der Waals surface area contributed by atoms with Crippen molar-refractivity contribution >= 4 is 49.8 Å². The number of hydrogen-bond donors (Lipinski definition) is 1. The molecule has 0 atom stereocenters. The molecule has 0 aliphatic carbocycles. The van der Waals surface area contributed by atoms with E-state index in [1.807, 2.05) is 0 Å². The highest BCUT2D eigenvalue weighted by Crippen LogP contribution is 2.31. The van der Waals surface area contributed by atoms with Crippen molar-refractivity contribution in [2.24, 2.45) is 0 Å². The van der Waals surface area contributed by atoms with E-state index in [1.165, 1.54) is 0 Å². The largest absolute Gasteiger partial charge is 0.333 e. The Bertz CT molecular complexity index is 819. The van der Waals surface area contributed by atoms with E-state index in [2.05, 4.69) is 31.4 Å². The van der Waals surface area contributed by atoms with Gasteiger partial charge in [-0.2, -0.15) is 0 Å². The lowest BCUT2D eigenvalue weighted by molar-refractivity contribution is 0.589. The zero-order chi connectivity index (χ0) is 15.0. The van der Waals surface area contributed by atoms with E-state index in [1.54, 1.807) is 24.3 Å². The van der Waals surface area contributed by atoms with Crippen molar-refractivity contribution in [3.63, 3.8) is 0 Å². The summed E-state index contributed by atoms with van der Waals surface area (Å²) < 4.78 is 28.1. The molecule has 3 aromatic rings. The number of hydrogen-bond acceptors (Lipinski definition) is 3. The number of rotatable bonds is 2. The molecule has 0 spiro atoms. The molecule has 0 saturated heterocycles. The quantitative estimate of drug-likeness (QED) is 0.684. The number of anilines is 2. The lowest BCUT2D eigenvalue weighted by Gasteiger charge is -2.10. The van der Waals surface area contributed by atoms with Crippen LogP contribution in [0, 0.1) is 11.6 Å². The normalized spacial score (nSPS) is 10.9. The van der Waals surface area contributed by atoms with Crippen molar-refractivity contribution in [1.29, 1.82) is 0 Å². The van der Waals surface area contributed by atoms with E-state index in [9.17, 15) is 8.78 Å². The molecule has 0 amide bonds. The SMILES string of the molecule is Fc1cc(Br)cc(F)c1Nc1nnc(Cl)c2ccccc12. The third kappa shape index (κ3) is 2.69. The molecule has 7 heteroatoms. The Labute approximate surface area is 132 Å². The second-order valence-corrected chi connectivity index (χ2v) is 5.53. The maximum Gasteiger partial charge on any atom is 0.161 e. The minimum atomic E-state index is -0.734. The van der Waals surface area contributed by atoms with Crippen LogP contribution in [0.3, 0.4) is 0 Å². The van der Waals surface area contributed by atoms with Crippen LogP contribution in [-0.4, -0.2) is 10.2 Å². The lowest BCUT2D eigenvalue weighted by atomic mass is 10.2. The fourth-order valence-electron chi connectivity index (χ4n) is 1.94. The highest BCUT2D eigenvalue weighted by atomic mass is 79.9. The standard InChI is InChI=1S/C14H7BrClF2N3/c15-7-5-10(17)12(11(18)6-7)19-14-9-4-2-1-3-8(9)13(16)20-21-14/h1-6H,(H,19,21). The Kier molecular flexibility index (Phi) is 3.73. The second-order valence-electron chi connectivity index (χ2n) is 4.25. The van der Waals surface area contributed by atoms with Crippen LogP contribution in [-0.2, 0) is 0 Å². The van der Waals surface area contributed by atoms with Crippen molar-refractivity contribution < 1.29 is 8.78 Å². The first-order valence-electron chi connectivity index (χ1n) is 5.89. The van der Waals surface area contributed by atoms with Gasteiger partial charge in [0.05, 0.1) is 0 Å². The summed E-state index contributed by atoms with van der Waals surface area (Å²) in [5.41, 5.74) is -0.292. The molecule has 3 rings (SSSR count). The molecule has 0 unspecified atom stereocenters. The molecule has 1 heterocycles. The minimum Gasteiger partial charge on any atom is -0.333 e. The van der Waals surface area contributed by atoms with E-state index in [4.69, 9.17) is 11.6 Å². The first-order chi connectivity index (χ1) is 10.1. The molecule has 1 aromatic heterocycles. The minimum absolute atomic E-state index is 0.230. The number of fused-ring (bicyclic) bond motifs is 1. The summed E-state index contributed by atoms with van der Waals surface area (Å²) >= 11 is 8.99. The van der Waals surface area contributed by atoms with Crippen LogP contribution in [0.25, 0.3) is 10.8 Å². The lowest BCUT2D eigenvalue weighted by Crippen LogP contribution is -2.02. The van der Waals surface area contributed by atoms with Crippen molar-refractivity contribution in [1.82, 2.24) is 10.2 Å². The van der Waals surface area contributed by atoms with Gasteiger partial charge in [0, 0.05) is 15.2 Å². The number of halogens is 4. The van der Waals surface area contributed by atoms with E-state index in [0.717, 1.165) is 12.1 Å². The van der Waals surface area contributed by atoms with Crippen LogP contribution in [0.15, 0.2) is 40.9 Å². The molecule has 0 bridgehead atoms. The summed E-state index contributed by atoms with van der Waals surface area (Å²) in [5, 5.41) is 11.8. The maximum atomic E-state index is 13.9. The monoisotopic (exact) mass is 369 g/mol. The number of benzene rings is 2. The number of nitrogens with one attached hydrogen (secondary N) is 1. The first kappa shape index (κ1) is 14.2. The van der Waals surface area contributed by atoms with Crippen LogP contribution < -0.4 is 5.32 Å². The molecule has 0 saturated carbocycles. The van der Waals surface area contributed by atoms with Crippen LogP contribution in [0.1, 0.15) is 0 Å². The Morgan fingerprint density at radius 2 is 1.62 bits per heavy atom. The van der Waals surface area contributed by atoms with Gasteiger partial charge in [0.1, 0.15) is 5.69 Å². The molecule has 1 N–H and O–H groups in total. The fourth-order valence-corrected chi connectivity index (χ4v) is 2.55. The van der Waals surface area contributed by atoms with Crippen molar-refractivity contribution in [3.8, 4) is 0 Å². The molecule has 3 nitrogen and oxygen atoms in total. The highest BCUT2D eigenvalue weighted by molar-refractivity contribution is 9.10. The Morgan fingerprint density at radius 1 is 1.00 bits per heavy atom. The van der Waals surface area contributed by atoms with Gasteiger partial charge in [-0.1, -0.05) is 51.8 Å². The molecular weight excluding hydrogens is 364 g/mol. The van der Waals surface area contributed by atoms with Crippen molar-refractivity contribution in [2.75, 3.05) is 5.32 Å². The van der Waals surface area contributed by atoms with Crippen LogP contribution in [0.2, 0.25) is 5.15 Å². The van der Waals surface area contributed by atoms with Crippen molar-refractivity contribution in [2.45, 2.75) is 0 Å². The van der Waals surface area contributed by atoms with Gasteiger partial charge in [-0.15, -0.1) is 10.2 Å². The van der Waals surface area contributed by atoms with Crippen LogP contribution >= 0.6 is 27.5 Å². The summed E-state index contributed by atoms with van der Waals surface area (Å²) in [5.74, 6) is -1.24. The summed E-state index contributed by atoms with van der Waals surface area (Å²) in [6.45, 7) is 0. The molecule has 0 aliphatic heterocycles. The first-order valence-corrected chi connectivity index (χ1v) is 7.06. The van der Waals surface area contributed by atoms with Gasteiger partial charge in [-0.25, -0.2) is 8.78 Å². The van der Waals surface area contributed by atoms with Crippen LogP contribution in [0.4, 0.5) is 20.3 Å². The average molecular weight is 371 g/mol. The molecule has 21 heavy (non-hydrogen) atoms. The predicted octanol–water partition coefficient (Wildman–Crippen LogP) is 5.07. The van der Waals surface area contributed by atoms with E-state index < -0.39 is 11.6 Å². The van der Waals surface area contributed by atoms with E-state index in [0.29, 0.717) is 15.2 Å². The van der Waals surface area contributed by atoms with Crippen molar-refractivity contribution in [3.05, 3.63) is 57.7 Å². The van der Waals surface area contributed by atoms with Gasteiger partial charge in [-0.05, 0) is 12.1 Å². The van der Waals surface area contributed by atoms with Gasteiger partial charge in [0.15, 0.2) is 22.6 Å². The summed E-state index contributed by atoms with van der Waals surface area (Å²) in [6.07, 6.45) is 0. The van der Waals surface area contributed by atoms with Gasteiger partial charge in [0.2, 0.25) is 0 Å². The topological polar surface area (TPSA) is 37.8 Å². The summed E-state index contributed by atoms with van der Waals surface area (Å²) in [7, 11) is 0. The van der Waals surface area contributed by atoms with E-state index in [-0.39, 0.29) is 16.7 Å². The third-order valence-electron chi connectivity index (χ3n) is 2.89. The highest BCUT2D eigenvalue weighted by Gasteiger charge is 2.14. The molecule has 0 fully saturated rings. The molecule has 2 aromatic carbocycles. The summed E-state index contributed by atoms with van der Waals surface area (Å²) in [4.78, 5) is 0. The average Bonchev–Trinajstić information content (AvgIpc) is 2.45. The zero-order valence-corrected chi connectivity index (χ0v) is 12.7. The Hall–Kier alpha value is -1.79. The summed E-state index contributed by atoms with van der Waals surface area (Å²) in [6, 6.07) is 9.40. The maximum absolute atomic E-state index is 13.9. The van der Waals surface area contributed by atoms with Crippen LogP contribution in [0.5, 0.6) is 0 Å². The Morgan fingerprint density at radius 3 is 2.29 bits per heavy atom. The van der Waals surface area contributed by atoms with E-state index >= 15 is 0 Å². The van der Waals surface area contributed by atoms with Gasteiger partial charge >= 0.3 is 0 Å². The molecule has 106 valence electrons. The molecular formula is C14H7BrClF2N3. The Balaban J connectivity index is 2.13. The number of aromatic nitrogens is 2. The zero-order valence-electron chi connectivity index (χ0n) is 10.4. The molecule has 0 radical (unpaired) electrons. The van der Waals surface area contributed by atoms with Gasteiger partial charge in [-0.3, -0.25) is 0 Å². The van der Waals surface area contributed by atoms with Gasteiger partial charge in [0.25, 0.3) is 0 Å². The predicted molar refractivity (Wildman–Crippen MR) is 81.9 cm³/mol. The fraction of sp³-hybridized carbons (Fsp3) is 0. The number of nitrogens with zero attached hydrogens (tertiary/aromatic N) is 2. The second kappa shape index (κ2) is 5.54. The third-order valence-corrected chi connectivity index (χ3v) is 3.63. The van der Waals surface area contributed by atoms with Gasteiger partial charge < -0.3 is 5.32 Å². The smallest absolute Gasteiger partial charge is 0.161 e. The molecule has 0 aliphatic rings.